The molecule has 0 unspecified atom stereocenters. The maximum Gasteiger partial charge on any atom is 0.157 e. The van der Waals surface area contributed by atoms with Gasteiger partial charge in [-0.3, -0.25) is 0 Å². The van der Waals surface area contributed by atoms with Gasteiger partial charge in [0.25, 0.3) is 0 Å². The van der Waals surface area contributed by atoms with Gasteiger partial charge in [0.05, 0.1) is 0 Å². The van der Waals surface area contributed by atoms with Gasteiger partial charge in [0, 0.05) is 0 Å². The Kier molecular flexibility index (Phi) is 4.23. The van der Waals surface area contributed by atoms with Crippen LogP contribution in [-0.2, 0) is 0 Å². The van der Waals surface area contributed by atoms with Crippen LogP contribution in [0, 0.1) is 6.92 Å². The lowest BCUT2D eigenvalue weighted by molar-refractivity contribution is 0.404. The molecule has 2 aromatic carbocycles. The first kappa shape index (κ1) is 11.1. The molecule has 78 valence electrons. The zero-order chi connectivity index (χ0) is 11.1. The summed E-state index contributed by atoms with van der Waals surface area (Å²) in [5.74, 6) is -0.153. The molecule has 0 saturated heterocycles. The minimum Gasteiger partial charge on any atom is -0.504 e. The first-order valence-electron chi connectivity index (χ1n) is 4.69. The van der Waals surface area contributed by atoms with Crippen molar-refractivity contribution in [3.63, 3.8) is 0 Å². The monoisotopic (exact) mass is 202 g/mol. The first-order chi connectivity index (χ1) is 7.20. The van der Waals surface area contributed by atoms with E-state index in [0.29, 0.717) is 0 Å². The SMILES string of the molecule is Cc1ccccc1.Oc1ccccc1O. The van der Waals surface area contributed by atoms with Gasteiger partial charge >= 0.3 is 0 Å². The zero-order valence-electron chi connectivity index (χ0n) is 8.59. The van der Waals surface area contributed by atoms with Crippen LogP contribution >= 0.6 is 0 Å². The fourth-order valence-corrected chi connectivity index (χ4v) is 0.999. The predicted molar refractivity (Wildman–Crippen MR) is 61.0 cm³/mol. The van der Waals surface area contributed by atoms with Crippen molar-refractivity contribution < 1.29 is 10.2 Å². The number of hydrogen-bond donors (Lipinski definition) is 2. The number of aromatic hydroxyl groups is 2. The molecule has 2 N–H and O–H groups in total. The van der Waals surface area contributed by atoms with Crippen molar-refractivity contribution in [1.29, 1.82) is 0 Å². The van der Waals surface area contributed by atoms with Gasteiger partial charge < -0.3 is 10.2 Å². The third kappa shape index (κ3) is 4.18. The highest BCUT2D eigenvalue weighted by Gasteiger charge is 1.90. The molecule has 0 radical (unpaired) electrons. The van der Waals surface area contributed by atoms with Crippen LogP contribution in [0.3, 0.4) is 0 Å². The average Bonchev–Trinajstić information content (AvgIpc) is 2.25. The van der Waals surface area contributed by atoms with E-state index in [1.165, 1.54) is 17.7 Å². The Labute approximate surface area is 89.4 Å². The summed E-state index contributed by atoms with van der Waals surface area (Å²) in [6.45, 7) is 2.08. The molecule has 0 amide bonds. The van der Waals surface area contributed by atoms with Gasteiger partial charge in [-0.25, -0.2) is 0 Å². The summed E-state index contributed by atoms with van der Waals surface area (Å²) in [4.78, 5) is 0. The molecule has 0 fully saturated rings. The van der Waals surface area contributed by atoms with Crippen LogP contribution < -0.4 is 0 Å². The smallest absolute Gasteiger partial charge is 0.157 e. The van der Waals surface area contributed by atoms with Crippen LogP contribution in [0.5, 0.6) is 11.5 Å². The van der Waals surface area contributed by atoms with Gasteiger partial charge in [0.15, 0.2) is 11.5 Å². The van der Waals surface area contributed by atoms with E-state index in [2.05, 4.69) is 19.1 Å². The van der Waals surface area contributed by atoms with Crippen molar-refractivity contribution in [2.45, 2.75) is 6.92 Å². The molecule has 0 aliphatic rings. The van der Waals surface area contributed by atoms with Crippen molar-refractivity contribution in [3.8, 4) is 11.5 Å². The molecule has 0 saturated carbocycles. The Hall–Kier alpha value is -1.96. The predicted octanol–water partition coefficient (Wildman–Crippen LogP) is 3.09. The van der Waals surface area contributed by atoms with E-state index >= 15 is 0 Å². The van der Waals surface area contributed by atoms with E-state index in [4.69, 9.17) is 10.2 Å². The maximum atomic E-state index is 8.67. The summed E-state index contributed by atoms with van der Waals surface area (Å²) in [7, 11) is 0. The lowest BCUT2D eigenvalue weighted by Gasteiger charge is -1.91. The van der Waals surface area contributed by atoms with E-state index in [-0.39, 0.29) is 11.5 Å². The van der Waals surface area contributed by atoms with Gasteiger partial charge in [0.1, 0.15) is 0 Å². The van der Waals surface area contributed by atoms with Gasteiger partial charge in [-0.05, 0) is 19.1 Å². The Bertz CT molecular complexity index is 375. The molecule has 0 heterocycles. The van der Waals surface area contributed by atoms with E-state index < -0.39 is 0 Å². The minimum atomic E-state index is -0.0764. The second kappa shape index (κ2) is 5.70. The summed E-state index contributed by atoms with van der Waals surface area (Å²) in [5, 5.41) is 17.3. The largest absolute Gasteiger partial charge is 0.504 e. The fourth-order valence-electron chi connectivity index (χ4n) is 0.999. The van der Waals surface area contributed by atoms with Crippen LogP contribution in [0.2, 0.25) is 0 Å². The highest BCUT2D eigenvalue weighted by Crippen LogP contribution is 2.21. The second-order valence-electron chi connectivity index (χ2n) is 3.14. The summed E-state index contributed by atoms with van der Waals surface area (Å²) in [6.07, 6.45) is 0. The molecule has 2 aromatic rings. The fraction of sp³-hybridized carbons (Fsp3) is 0.0769. The number of benzene rings is 2. The van der Waals surface area contributed by atoms with E-state index in [9.17, 15) is 0 Å². The van der Waals surface area contributed by atoms with Crippen molar-refractivity contribution in [1.82, 2.24) is 0 Å². The normalized spacial score (nSPS) is 8.87. The van der Waals surface area contributed by atoms with Crippen LogP contribution in [0.15, 0.2) is 54.6 Å². The second-order valence-corrected chi connectivity index (χ2v) is 3.14. The Balaban J connectivity index is 0.000000151. The van der Waals surface area contributed by atoms with Crippen molar-refractivity contribution >= 4 is 0 Å². The number of phenols is 2. The van der Waals surface area contributed by atoms with Gasteiger partial charge in [0.2, 0.25) is 0 Å². The molecule has 0 aliphatic heterocycles. The van der Waals surface area contributed by atoms with Gasteiger partial charge in [-0.15, -0.1) is 0 Å². The molecule has 0 atom stereocenters. The Morgan fingerprint density at radius 2 is 1.07 bits per heavy atom. The average molecular weight is 202 g/mol. The number of phenolic OH excluding ortho intramolecular Hbond substituents is 2. The molecule has 2 heteroatoms. The lowest BCUT2D eigenvalue weighted by Crippen LogP contribution is -1.63. The van der Waals surface area contributed by atoms with Gasteiger partial charge in [-0.1, -0.05) is 48.0 Å². The van der Waals surface area contributed by atoms with Crippen LogP contribution in [-0.4, -0.2) is 10.2 Å². The third-order valence-electron chi connectivity index (χ3n) is 1.82. The molecule has 0 aromatic heterocycles. The zero-order valence-corrected chi connectivity index (χ0v) is 8.59. The molecule has 0 aliphatic carbocycles. The van der Waals surface area contributed by atoms with Crippen molar-refractivity contribution in [3.05, 3.63) is 60.2 Å². The molecule has 2 rings (SSSR count). The van der Waals surface area contributed by atoms with E-state index in [1.54, 1.807) is 12.1 Å². The Morgan fingerprint density at radius 3 is 1.33 bits per heavy atom. The highest BCUT2D eigenvalue weighted by atomic mass is 16.3. The summed E-state index contributed by atoms with van der Waals surface area (Å²) < 4.78 is 0. The maximum absolute atomic E-state index is 8.67. The summed E-state index contributed by atoms with van der Waals surface area (Å²) >= 11 is 0. The molecular formula is C13H14O2. The number of hydrogen-bond acceptors (Lipinski definition) is 2. The molecule has 0 spiro atoms. The van der Waals surface area contributed by atoms with Crippen molar-refractivity contribution in [2.75, 3.05) is 0 Å². The van der Waals surface area contributed by atoms with Crippen LogP contribution in [0.1, 0.15) is 5.56 Å². The van der Waals surface area contributed by atoms with Crippen molar-refractivity contribution in [2.24, 2.45) is 0 Å². The minimum absolute atomic E-state index is 0.0764. The topological polar surface area (TPSA) is 40.5 Å². The molecule has 15 heavy (non-hydrogen) atoms. The number of para-hydroxylation sites is 2. The standard InChI is InChI=1S/C7H8.C6H6O2/c1-7-5-3-2-4-6-7;7-5-3-1-2-4-6(5)8/h2-6H,1H3;1-4,7-8H. The quantitative estimate of drug-likeness (QED) is 0.644. The molecular weight excluding hydrogens is 188 g/mol. The number of aryl methyl sites for hydroxylation is 1. The summed E-state index contributed by atoms with van der Waals surface area (Å²) in [6, 6.07) is 16.4. The number of rotatable bonds is 0. The van der Waals surface area contributed by atoms with Crippen LogP contribution in [0.4, 0.5) is 0 Å². The lowest BCUT2D eigenvalue weighted by atomic mass is 10.2. The molecule has 0 bridgehead atoms. The summed E-state index contributed by atoms with van der Waals surface area (Å²) in [5.41, 5.74) is 1.32. The van der Waals surface area contributed by atoms with Crippen LogP contribution in [0.25, 0.3) is 0 Å². The van der Waals surface area contributed by atoms with E-state index in [0.717, 1.165) is 0 Å². The highest BCUT2D eigenvalue weighted by molar-refractivity contribution is 5.36. The van der Waals surface area contributed by atoms with E-state index in [1.807, 2.05) is 18.2 Å². The Morgan fingerprint density at radius 1 is 0.667 bits per heavy atom. The first-order valence-corrected chi connectivity index (χ1v) is 4.69. The van der Waals surface area contributed by atoms with Gasteiger partial charge in [-0.2, -0.15) is 0 Å². The third-order valence-corrected chi connectivity index (χ3v) is 1.82. The molecule has 2 nitrogen and oxygen atoms in total.